The lowest BCUT2D eigenvalue weighted by Gasteiger charge is -2.35. The van der Waals surface area contributed by atoms with E-state index in [4.69, 9.17) is 0 Å². The fourth-order valence-electron chi connectivity index (χ4n) is 4.32. The summed E-state index contributed by atoms with van der Waals surface area (Å²) in [6.07, 6.45) is 0. The molecule has 8 nitrogen and oxygen atoms in total. The molecule has 1 aliphatic rings. The summed E-state index contributed by atoms with van der Waals surface area (Å²) in [5.74, 6) is 0.570. The Hall–Kier alpha value is -3.17. The molecule has 33 heavy (non-hydrogen) atoms. The molecule has 2 aromatic carbocycles. The topological polar surface area (TPSA) is 75.7 Å². The maximum Gasteiger partial charge on any atom is 0.262 e. The molecular weight excluding hydrogens is 436 g/mol. The Morgan fingerprint density at radius 3 is 2.45 bits per heavy atom. The zero-order chi connectivity index (χ0) is 22.9. The number of thioether (sulfide) groups is 1. The van der Waals surface area contributed by atoms with E-state index < -0.39 is 0 Å². The molecule has 1 fully saturated rings. The molecule has 0 spiro atoms. The van der Waals surface area contributed by atoms with E-state index >= 15 is 0 Å². The summed E-state index contributed by atoms with van der Waals surface area (Å²) in [5.41, 5.74) is 1.93. The van der Waals surface area contributed by atoms with Crippen LogP contribution >= 0.6 is 11.8 Å². The van der Waals surface area contributed by atoms with Crippen molar-refractivity contribution in [1.82, 2.24) is 29.0 Å². The Morgan fingerprint density at radius 2 is 1.70 bits per heavy atom. The average Bonchev–Trinajstić information content (AvgIpc) is 3.27. The number of rotatable bonds is 5. The first-order valence-corrected chi connectivity index (χ1v) is 12.0. The number of para-hydroxylation sites is 1. The van der Waals surface area contributed by atoms with Gasteiger partial charge in [0.1, 0.15) is 0 Å². The second-order valence-electron chi connectivity index (χ2n) is 8.35. The molecule has 1 unspecified atom stereocenters. The fraction of sp³-hybridized carbons (Fsp3) is 0.333. The molecule has 1 aliphatic heterocycles. The predicted molar refractivity (Wildman–Crippen MR) is 129 cm³/mol. The number of hydrogen-bond donors (Lipinski definition) is 0. The van der Waals surface area contributed by atoms with Gasteiger partial charge in [-0.2, -0.15) is 0 Å². The minimum absolute atomic E-state index is 0.102. The summed E-state index contributed by atoms with van der Waals surface area (Å²) in [4.78, 5) is 30.1. The molecule has 0 saturated carbocycles. The van der Waals surface area contributed by atoms with E-state index in [1.807, 2.05) is 40.5 Å². The van der Waals surface area contributed by atoms with E-state index in [1.54, 1.807) is 13.1 Å². The van der Waals surface area contributed by atoms with Crippen molar-refractivity contribution < 1.29 is 4.79 Å². The molecule has 0 bridgehead atoms. The zero-order valence-electron chi connectivity index (χ0n) is 18.7. The van der Waals surface area contributed by atoms with Gasteiger partial charge in [-0.1, -0.05) is 54.2 Å². The Kier molecular flexibility index (Phi) is 5.90. The SMILES string of the molecule is CC(Sc1nnc2n(C)c(=O)c3ccccc3n12)C(=O)N1CCN(Cc2ccccc2)CC1. The van der Waals surface area contributed by atoms with Crippen LogP contribution in [0.4, 0.5) is 0 Å². The standard InChI is InChI=1S/C24H26N6O2S/c1-17(21(31)29-14-12-28(13-15-29)16-18-8-4-3-5-9-18)33-24-26-25-23-27(2)22(32)19-10-6-7-11-20(19)30(23)24/h3-11,17H,12-16H2,1-2H3. The van der Waals surface area contributed by atoms with Crippen molar-refractivity contribution in [3.05, 3.63) is 70.5 Å². The molecule has 1 saturated heterocycles. The number of nitrogens with zero attached hydrogens (tertiary/aromatic N) is 6. The number of hydrogen-bond acceptors (Lipinski definition) is 6. The van der Waals surface area contributed by atoms with Gasteiger partial charge in [0.05, 0.1) is 16.2 Å². The summed E-state index contributed by atoms with van der Waals surface area (Å²) in [6.45, 7) is 5.97. The Bertz CT molecular complexity index is 1360. The van der Waals surface area contributed by atoms with Crippen molar-refractivity contribution in [2.75, 3.05) is 26.2 Å². The maximum atomic E-state index is 13.2. The van der Waals surface area contributed by atoms with Gasteiger partial charge >= 0.3 is 0 Å². The number of aryl methyl sites for hydroxylation is 1. The molecule has 0 N–H and O–H groups in total. The van der Waals surface area contributed by atoms with Crippen LogP contribution in [0.15, 0.2) is 64.5 Å². The molecular formula is C24H26N6O2S. The highest BCUT2D eigenvalue weighted by atomic mass is 32.2. The smallest absolute Gasteiger partial charge is 0.262 e. The van der Waals surface area contributed by atoms with Gasteiger partial charge in [-0.15, -0.1) is 10.2 Å². The molecule has 2 aromatic heterocycles. The van der Waals surface area contributed by atoms with Crippen LogP contribution in [0.25, 0.3) is 16.7 Å². The summed E-state index contributed by atoms with van der Waals surface area (Å²) < 4.78 is 3.36. The Balaban J connectivity index is 1.30. The van der Waals surface area contributed by atoms with Crippen LogP contribution in [0.2, 0.25) is 0 Å². The molecule has 1 atom stereocenters. The van der Waals surface area contributed by atoms with E-state index in [9.17, 15) is 9.59 Å². The lowest BCUT2D eigenvalue weighted by Crippen LogP contribution is -2.50. The number of amides is 1. The van der Waals surface area contributed by atoms with Crippen molar-refractivity contribution in [2.24, 2.45) is 7.05 Å². The summed E-state index contributed by atoms with van der Waals surface area (Å²) in [7, 11) is 1.69. The van der Waals surface area contributed by atoms with Crippen LogP contribution < -0.4 is 5.56 Å². The van der Waals surface area contributed by atoms with E-state index in [-0.39, 0.29) is 16.7 Å². The molecule has 0 radical (unpaired) electrons. The minimum atomic E-state index is -0.311. The summed E-state index contributed by atoms with van der Waals surface area (Å²) in [6, 6.07) is 17.8. The van der Waals surface area contributed by atoms with E-state index in [0.29, 0.717) is 29.4 Å². The van der Waals surface area contributed by atoms with E-state index in [2.05, 4.69) is 39.4 Å². The van der Waals surface area contributed by atoms with Crippen LogP contribution in [-0.2, 0) is 18.4 Å². The lowest BCUT2D eigenvalue weighted by molar-refractivity contribution is -0.132. The number of aromatic nitrogens is 4. The Labute approximate surface area is 195 Å². The second-order valence-corrected chi connectivity index (χ2v) is 9.65. The first-order chi connectivity index (χ1) is 16.0. The van der Waals surface area contributed by atoms with Gasteiger partial charge in [0.15, 0.2) is 5.16 Å². The van der Waals surface area contributed by atoms with Crippen LogP contribution in [-0.4, -0.2) is 66.3 Å². The number of fused-ring (bicyclic) bond motifs is 3. The summed E-state index contributed by atoms with van der Waals surface area (Å²) in [5, 5.41) is 9.44. The van der Waals surface area contributed by atoms with Gasteiger partial charge in [0.2, 0.25) is 11.7 Å². The summed E-state index contributed by atoms with van der Waals surface area (Å²) >= 11 is 1.38. The van der Waals surface area contributed by atoms with E-state index in [1.165, 1.54) is 21.9 Å². The molecule has 170 valence electrons. The van der Waals surface area contributed by atoms with E-state index in [0.717, 1.165) is 25.2 Å². The minimum Gasteiger partial charge on any atom is -0.339 e. The third-order valence-corrected chi connectivity index (χ3v) is 7.19. The van der Waals surface area contributed by atoms with Gasteiger partial charge in [-0.3, -0.25) is 23.5 Å². The maximum absolute atomic E-state index is 13.2. The lowest BCUT2D eigenvalue weighted by atomic mass is 10.2. The number of piperazine rings is 1. The molecule has 4 aromatic rings. The zero-order valence-corrected chi connectivity index (χ0v) is 19.5. The highest BCUT2D eigenvalue weighted by Crippen LogP contribution is 2.26. The predicted octanol–water partition coefficient (Wildman–Crippen LogP) is 2.41. The van der Waals surface area contributed by atoms with Crippen LogP contribution in [0, 0.1) is 0 Å². The first kappa shape index (κ1) is 21.7. The fourth-order valence-corrected chi connectivity index (χ4v) is 5.26. The quantitative estimate of drug-likeness (QED) is 0.424. The Morgan fingerprint density at radius 1 is 1.00 bits per heavy atom. The third-order valence-electron chi connectivity index (χ3n) is 6.16. The van der Waals surface area contributed by atoms with Crippen molar-refractivity contribution in [1.29, 1.82) is 0 Å². The average molecular weight is 463 g/mol. The first-order valence-electron chi connectivity index (χ1n) is 11.1. The second kappa shape index (κ2) is 8.99. The van der Waals surface area contributed by atoms with Gasteiger partial charge in [-0.05, 0) is 24.6 Å². The van der Waals surface area contributed by atoms with Crippen molar-refractivity contribution in [2.45, 2.75) is 23.9 Å². The van der Waals surface area contributed by atoms with Crippen LogP contribution in [0.5, 0.6) is 0 Å². The number of benzene rings is 2. The number of carbonyl (C=O) groups is 1. The van der Waals surface area contributed by atoms with Crippen LogP contribution in [0.1, 0.15) is 12.5 Å². The molecule has 0 aliphatic carbocycles. The third kappa shape index (κ3) is 4.14. The molecule has 3 heterocycles. The van der Waals surface area contributed by atoms with Crippen molar-refractivity contribution in [3.63, 3.8) is 0 Å². The normalized spacial score (nSPS) is 15.9. The highest BCUT2D eigenvalue weighted by molar-refractivity contribution is 8.00. The van der Waals surface area contributed by atoms with Gasteiger partial charge < -0.3 is 4.90 Å². The molecule has 9 heteroatoms. The molecule has 1 amide bonds. The van der Waals surface area contributed by atoms with Crippen molar-refractivity contribution >= 4 is 34.3 Å². The van der Waals surface area contributed by atoms with Crippen molar-refractivity contribution in [3.8, 4) is 0 Å². The number of carbonyl (C=O) groups excluding carboxylic acids is 1. The van der Waals surface area contributed by atoms with Gasteiger partial charge in [0.25, 0.3) is 5.56 Å². The largest absolute Gasteiger partial charge is 0.339 e. The molecule has 5 rings (SSSR count). The monoisotopic (exact) mass is 462 g/mol. The van der Waals surface area contributed by atoms with Gasteiger partial charge in [-0.25, -0.2) is 0 Å². The van der Waals surface area contributed by atoms with Crippen LogP contribution in [0.3, 0.4) is 0 Å². The van der Waals surface area contributed by atoms with Gasteiger partial charge in [0, 0.05) is 39.8 Å². The highest BCUT2D eigenvalue weighted by Gasteiger charge is 2.27.